The van der Waals surface area contributed by atoms with Gasteiger partial charge in [0.25, 0.3) is 0 Å². The zero-order valence-corrected chi connectivity index (χ0v) is 57.7. The monoisotopic (exact) mass is 1240 g/mol. The summed E-state index contributed by atoms with van der Waals surface area (Å²) in [5, 5.41) is 8.95. The molecule has 0 amide bonds. The zero-order chi connectivity index (χ0) is 64.4. The minimum atomic E-state index is -0.0523. The number of hydrogen-bond donors (Lipinski definition) is 0. The lowest BCUT2D eigenvalue weighted by atomic mass is 9.61. The van der Waals surface area contributed by atoms with Gasteiger partial charge in [-0.25, -0.2) is 0 Å². The Morgan fingerprint density at radius 2 is 1.03 bits per heavy atom. The second-order valence-corrected chi connectivity index (χ2v) is 33.4. The topological polar surface area (TPSA) is 0 Å². The van der Waals surface area contributed by atoms with Gasteiger partial charge in [-0.15, -0.1) is 0 Å². The Kier molecular flexibility index (Phi) is 12.6. The maximum atomic E-state index is 2.91. The van der Waals surface area contributed by atoms with Crippen LogP contribution in [0.1, 0.15) is 199 Å². The molecule has 0 heterocycles. The van der Waals surface area contributed by atoms with Gasteiger partial charge in [0.05, 0.1) is 0 Å². The van der Waals surface area contributed by atoms with Crippen LogP contribution in [0.25, 0.3) is 50.4 Å². The molecule has 0 fully saturated rings. The van der Waals surface area contributed by atoms with Crippen molar-refractivity contribution < 1.29 is 0 Å². The first-order valence-corrected chi connectivity index (χ1v) is 37.3. The summed E-state index contributed by atoms with van der Waals surface area (Å²) in [6, 6.07) is 51.9. The fourth-order valence-corrected chi connectivity index (χ4v) is 23.0. The van der Waals surface area contributed by atoms with Crippen LogP contribution in [0.2, 0.25) is 0 Å². The Bertz CT molecular complexity index is 5250. The van der Waals surface area contributed by atoms with E-state index in [1.807, 2.05) is 0 Å². The molecule has 0 bridgehead atoms. The molecule has 474 valence electrons. The summed E-state index contributed by atoms with van der Waals surface area (Å²) in [5.41, 5.74) is 39.1. The van der Waals surface area contributed by atoms with Gasteiger partial charge in [-0.3, -0.25) is 0 Å². The molecule has 8 atom stereocenters. The van der Waals surface area contributed by atoms with E-state index in [9.17, 15) is 0 Å². The quantitative estimate of drug-likeness (QED) is 0.146. The Morgan fingerprint density at radius 1 is 0.448 bits per heavy atom. The van der Waals surface area contributed by atoms with Crippen molar-refractivity contribution in [3.63, 3.8) is 0 Å². The predicted octanol–water partition coefficient (Wildman–Crippen LogP) is 22.6. The molecule has 0 saturated carbocycles. The highest BCUT2D eigenvalue weighted by molar-refractivity contribution is 6.15. The van der Waals surface area contributed by atoms with Crippen molar-refractivity contribution in [1.29, 1.82) is 0 Å². The van der Waals surface area contributed by atoms with E-state index < -0.39 is 0 Å². The first-order chi connectivity index (χ1) is 46.7. The molecule has 8 unspecified atom stereocenters. The van der Waals surface area contributed by atoms with Gasteiger partial charge in [0.2, 0.25) is 0 Å². The van der Waals surface area contributed by atoms with Crippen molar-refractivity contribution in [2.45, 2.75) is 166 Å². The molecule has 13 aliphatic rings. The highest BCUT2D eigenvalue weighted by Gasteiger charge is 2.53. The number of fused-ring (bicyclic) bond motifs is 11. The maximum absolute atomic E-state index is 2.91. The lowest BCUT2D eigenvalue weighted by Crippen LogP contribution is -2.34. The molecule has 0 aromatic heterocycles. The molecule has 13 aliphatic carbocycles. The summed E-state index contributed by atoms with van der Waals surface area (Å²) >= 11 is 0. The molecule has 0 radical (unpaired) electrons. The van der Waals surface area contributed by atoms with Crippen LogP contribution in [0.15, 0.2) is 249 Å². The number of rotatable bonds is 6. The first-order valence-electron chi connectivity index (χ1n) is 37.3. The van der Waals surface area contributed by atoms with Crippen molar-refractivity contribution in [1.82, 2.24) is 0 Å². The molecule has 0 nitrogen and oxygen atoms in total. The van der Waals surface area contributed by atoms with Crippen LogP contribution in [0, 0.1) is 35.5 Å². The predicted molar refractivity (Wildman–Crippen MR) is 403 cm³/mol. The van der Waals surface area contributed by atoms with E-state index >= 15 is 0 Å². The Hall–Kier alpha value is -8.32. The van der Waals surface area contributed by atoms with Crippen LogP contribution in [-0.4, -0.2) is 0 Å². The Morgan fingerprint density at radius 3 is 1.76 bits per heavy atom. The second-order valence-electron chi connectivity index (χ2n) is 33.4. The third-order valence-electron chi connectivity index (χ3n) is 27.3. The number of allylic oxidation sites excluding steroid dienone is 24. The average Bonchev–Trinajstić information content (AvgIpc) is 1.03. The normalized spacial score (nSPS) is 27.7. The molecule has 0 N–H and O–H groups in total. The third-order valence-corrected chi connectivity index (χ3v) is 27.3. The number of benzene rings is 7. The average molecular weight is 1240 g/mol. The van der Waals surface area contributed by atoms with E-state index in [0.717, 1.165) is 77.0 Å². The SMILES string of the molecule is CC(C)C1=CC2=C(C=CCC2)C(c2cc3c4c(c5c6c(cc(C7=C8c9ccccc9C(C)(C)C8CC8=C7CCC=C8)cc6c4c2)=CC(C2C4=C(C=C6C2c2ccccc2C6(C)C)CCC=C4)C5)CC(C2=C4c5ccccc5C(C)(C)C4CC4=C2CCC=C4)C=3)C1c1ccccc1. The van der Waals surface area contributed by atoms with Crippen molar-refractivity contribution in [2.24, 2.45) is 35.5 Å². The van der Waals surface area contributed by atoms with Gasteiger partial charge in [0.1, 0.15) is 0 Å². The van der Waals surface area contributed by atoms with Crippen molar-refractivity contribution in [2.75, 3.05) is 0 Å². The van der Waals surface area contributed by atoms with Crippen molar-refractivity contribution in [3.8, 4) is 0 Å². The van der Waals surface area contributed by atoms with E-state index in [-0.39, 0.29) is 39.9 Å². The summed E-state index contributed by atoms with van der Waals surface area (Å²) in [6.45, 7) is 20.3. The molecular formula is C96H90. The van der Waals surface area contributed by atoms with E-state index in [0.29, 0.717) is 29.6 Å². The highest BCUT2D eigenvalue weighted by atomic mass is 14.6. The minimum absolute atomic E-state index is 0.00282. The minimum Gasteiger partial charge on any atom is -0.0839 e. The molecule has 20 rings (SSSR count). The van der Waals surface area contributed by atoms with E-state index in [2.05, 4.69) is 256 Å². The van der Waals surface area contributed by atoms with Crippen LogP contribution in [0.3, 0.4) is 0 Å². The van der Waals surface area contributed by atoms with E-state index in [1.54, 1.807) is 83.6 Å². The number of hydrogen-bond acceptors (Lipinski definition) is 0. The van der Waals surface area contributed by atoms with Crippen LogP contribution < -0.4 is 10.4 Å². The highest BCUT2D eigenvalue weighted by Crippen LogP contribution is 2.64. The Balaban J connectivity index is 0.928. The molecule has 0 spiro atoms. The standard InChI is InChI=1S/C96H90/c1-54(2)73-46-56-28-12-16-32-66(56)87(86(73)55-26-10-9-11-27-55)62-42-60-43-63(88-67-33-17-13-29-57(67)51-81-91(88)70-36-20-23-39-78(70)94(81,3)4)49-76-77-50-65(90-69-35-19-15-31-59(69)53-83-93(90)72-38-22-25-41-80(72)96(83,7)8)45-61-44-64(48-75(85(61)77)74(47-62)84(60)76)89-68-34-18-14-30-58(68)52-82-92(89)71-37-21-24-40-79(71)95(82,5)6/h9-11,13-14,16,19-27,29-30,32,35-48,53-54,63,65,81-82,86-87,90,93H,12,15,17-18,28,31,33-34,49-52H2,1-8H3. The fourth-order valence-electron chi connectivity index (χ4n) is 23.0. The molecule has 7 aromatic rings. The van der Waals surface area contributed by atoms with Gasteiger partial charge in [0.15, 0.2) is 0 Å². The fraction of sp³-hybridized carbons (Fsp3) is 0.333. The van der Waals surface area contributed by atoms with Crippen LogP contribution in [0.4, 0.5) is 0 Å². The summed E-state index contributed by atoms with van der Waals surface area (Å²) in [5.74, 6) is 2.68. The summed E-state index contributed by atoms with van der Waals surface area (Å²) in [4.78, 5) is 0. The van der Waals surface area contributed by atoms with Gasteiger partial charge >= 0.3 is 0 Å². The lowest BCUT2D eigenvalue weighted by molar-refractivity contribution is 0.404. The summed E-state index contributed by atoms with van der Waals surface area (Å²) in [7, 11) is 0. The van der Waals surface area contributed by atoms with Gasteiger partial charge in [0, 0.05) is 35.0 Å². The van der Waals surface area contributed by atoms with Crippen LogP contribution in [-0.2, 0) is 29.1 Å². The molecule has 0 aliphatic heterocycles. The van der Waals surface area contributed by atoms with Crippen molar-refractivity contribution in [3.05, 3.63) is 321 Å². The molecule has 0 heteroatoms. The van der Waals surface area contributed by atoms with E-state index in [1.165, 1.54) is 87.6 Å². The zero-order valence-electron chi connectivity index (χ0n) is 57.7. The van der Waals surface area contributed by atoms with Gasteiger partial charge < -0.3 is 0 Å². The van der Waals surface area contributed by atoms with Gasteiger partial charge in [-0.2, -0.15) is 0 Å². The maximum Gasteiger partial charge on any atom is 0.0199 e. The summed E-state index contributed by atoms with van der Waals surface area (Å²) in [6.07, 6.45) is 44.6. The molecular weight excluding hydrogens is 1150 g/mol. The van der Waals surface area contributed by atoms with Gasteiger partial charge in [-0.05, 0) is 290 Å². The largest absolute Gasteiger partial charge is 0.0839 e. The second kappa shape index (κ2) is 20.9. The van der Waals surface area contributed by atoms with Crippen molar-refractivity contribution >= 4 is 50.4 Å². The van der Waals surface area contributed by atoms with Crippen LogP contribution >= 0.6 is 0 Å². The smallest absolute Gasteiger partial charge is 0.0199 e. The van der Waals surface area contributed by atoms with E-state index in [4.69, 9.17) is 0 Å². The summed E-state index contributed by atoms with van der Waals surface area (Å²) < 4.78 is 0. The lowest BCUT2D eigenvalue weighted by Gasteiger charge is -2.42. The van der Waals surface area contributed by atoms with Crippen LogP contribution in [0.5, 0.6) is 0 Å². The third kappa shape index (κ3) is 8.03. The first kappa shape index (κ1) is 57.9. The van der Waals surface area contributed by atoms with Gasteiger partial charge in [-0.1, -0.05) is 249 Å². The Labute approximate surface area is 569 Å². The molecule has 96 heavy (non-hydrogen) atoms. The molecule has 0 saturated heterocycles. The molecule has 7 aromatic carbocycles.